The Morgan fingerprint density at radius 1 is 1.05 bits per heavy atom. The van der Waals surface area contributed by atoms with Crippen LogP contribution in [0.4, 0.5) is 0 Å². The van der Waals surface area contributed by atoms with Gasteiger partial charge in [0.1, 0.15) is 0 Å². The second kappa shape index (κ2) is 5.90. The van der Waals surface area contributed by atoms with Crippen LogP contribution in [0.2, 0.25) is 0 Å². The number of aliphatic carboxylic acids is 1. The number of nitrogens with zero attached hydrogens (tertiary/aromatic N) is 2. The number of amides is 1. The molecule has 0 aromatic heterocycles. The maximum absolute atomic E-state index is 12.1. The van der Waals surface area contributed by atoms with Crippen molar-refractivity contribution in [1.29, 1.82) is 0 Å². The highest BCUT2D eigenvalue weighted by Gasteiger charge is 2.37. The lowest BCUT2D eigenvalue weighted by molar-refractivity contribution is -0.150. The summed E-state index contributed by atoms with van der Waals surface area (Å²) in [6.07, 6.45) is 4.72. The van der Waals surface area contributed by atoms with Crippen LogP contribution in [0.25, 0.3) is 0 Å². The molecule has 2 heterocycles. The molecule has 0 unspecified atom stereocenters. The molecule has 2 aliphatic heterocycles. The summed E-state index contributed by atoms with van der Waals surface area (Å²) in [7, 11) is 0. The molecule has 0 aromatic carbocycles. The van der Waals surface area contributed by atoms with Gasteiger partial charge in [-0.05, 0) is 52.1 Å². The van der Waals surface area contributed by atoms with E-state index < -0.39 is 11.4 Å². The molecule has 0 spiro atoms. The average molecular weight is 268 g/mol. The van der Waals surface area contributed by atoms with Gasteiger partial charge in [-0.3, -0.25) is 14.5 Å². The minimum Gasteiger partial charge on any atom is -0.481 e. The van der Waals surface area contributed by atoms with Crippen molar-refractivity contribution < 1.29 is 14.7 Å². The van der Waals surface area contributed by atoms with Gasteiger partial charge in [-0.1, -0.05) is 0 Å². The van der Waals surface area contributed by atoms with E-state index >= 15 is 0 Å². The summed E-state index contributed by atoms with van der Waals surface area (Å²) >= 11 is 0. The number of carboxylic acid groups (broad SMARTS) is 1. The van der Waals surface area contributed by atoms with Gasteiger partial charge in [-0.25, -0.2) is 0 Å². The first-order valence-electron chi connectivity index (χ1n) is 7.25. The number of carbonyl (C=O) groups excluding carboxylic acids is 1. The third-order valence-electron chi connectivity index (χ3n) is 4.54. The number of hydrogen-bond acceptors (Lipinski definition) is 3. The Hall–Kier alpha value is -1.10. The Labute approximate surface area is 114 Å². The van der Waals surface area contributed by atoms with E-state index in [1.807, 2.05) is 4.90 Å². The zero-order valence-electron chi connectivity index (χ0n) is 11.7. The lowest BCUT2D eigenvalue weighted by Crippen LogP contribution is -2.48. The normalized spacial score (nSPS) is 24.2. The van der Waals surface area contributed by atoms with E-state index in [2.05, 4.69) is 4.90 Å². The molecule has 2 rings (SSSR count). The second-order valence-electron chi connectivity index (χ2n) is 6.08. The van der Waals surface area contributed by atoms with E-state index in [1.165, 1.54) is 6.42 Å². The summed E-state index contributed by atoms with van der Waals surface area (Å²) < 4.78 is 0. The predicted octanol–water partition coefficient (Wildman–Crippen LogP) is 1.19. The molecule has 2 fully saturated rings. The highest BCUT2D eigenvalue weighted by molar-refractivity contribution is 5.78. The van der Waals surface area contributed by atoms with Crippen LogP contribution in [0.5, 0.6) is 0 Å². The molecule has 0 saturated carbocycles. The maximum Gasteiger partial charge on any atom is 0.309 e. The summed E-state index contributed by atoms with van der Waals surface area (Å²) in [6.45, 7) is 5.46. The van der Waals surface area contributed by atoms with Gasteiger partial charge in [-0.15, -0.1) is 0 Å². The van der Waals surface area contributed by atoms with Crippen molar-refractivity contribution in [3.8, 4) is 0 Å². The van der Waals surface area contributed by atoms with Gasteiger partial charge in [0, 0.05) is 13.1 Å². The first-order valence-corrected chi connectivity index (χ1v) is 7.25. The number of likely N-dealkylation sites (tertiary alicyclic amines) is 2. The van der Waals surface area contributed by atoms with Gasteiger partial charge >= 0.3 is 5.97 Å². The molecule has 0 radical (unpaired) electrons. The molecule has 0 aromatic rings. The molecule has 108 valence electrons. The van der Waals surface area contributed by atoms with Crippen molar-refractivity contribution in [2.75, 3.05) is 32.7 Å². The van der Waals surface area contributed by atoms with Gasteiger partial charge in [0.2, 0.25) is 5.91 Å². The summed E-state index contributed by atoms with van der Waals surface area (Å²) in [5.41, 5.74) is -0.606. The second-order valence-corrected chi connectivity index (χ2v) is 6.08. The van der Waals surface area contributed by atoms with Gasteiger partial charge < -0.3 is 10.0 Å². The van der Waals surface area contributed by atoms with Crippen LogP contribution in [0.1, 0.15) is 39.0 Å². The third kappa shape index (κ3) is 3.47. The van der Waals surface area contributed by atoms with Crippen molar-refractivity contribution in [2.24, 2.45) is 5.41 Å². The van der Waals surface area contributed by atoms with Crippen molar-refractivity contribution >= 4 is 11.9 Å². The van der Waals surface area contributed by atoms with Gasteiger partial charge in [0.15, 0.2) is 0 Å². The van der Waals surface area contributed by atoms with E-state index in [4.69, 9.17) is 0 Å². The number of piperidine rings is 2. The smallest absolute Gasteiger partial charge is 0.309 e. The first kappa shape index (κ1) is 14.3. The van der Waals surface area contributed by atoms with Crippen molar-refractivity contribution in [3.05, 3.63) is 0 Å². The van der Waals surface area contributed by atoms with Crippen LogP contribution >= 0.6 is 0 Å². The van der Waals surface area contributed by atoms with Gasteiger partial charge in [0.05, 0.1) is 12.0 Å². The molecule has 5 nitrogen and oxygen atoms in total. The average Bonchev–Trinajstić information content (AvgIpc) is 2.42. The predicted molar refractivity (Wildman–Crippen MR) is 71.8 cm³/mol. The molecule has 1 N–H and O–H groups in total. The highest BCUT2D eigenvalue weighted by Crippen LogP contribution is 2.30. The van der Waals surface area contributed by atoms with Crippen LogP contribution in [0.3, 0.4) is 0 Å². The van der Waals surface area contributed by atoms with Crippen molar-refractivity contribution in [2.45, 2.75) is 39.0 Å². The summed E-state index contributed by atoms with van der Waals surface area (Å²) in [5, 5.41) is 9.18. The lowest BCUT2D eigenvalue weighted by Gasteiger charge is -2.37. The fourth-order valence-corrected chi connectivity index (χ4v) is 2.85. The molecule has 0 atom stereocenters. The molecule has 0 aliphatic carbocycles. The molecule has 2 saturated heterocycles. The fourth-order valence-electron chi connectivity index (χ4n) is 2.85. The Morgan fingerprint density at radius 2 is 1.63 bits per heavy atom. The van der Waals surface area contributed by atoms with Gasteiger partial charge in [0.25, 0.3) is 0 Å². The monoisotopic (exact) mass is 268 g/mol. The SMILES string of the molecule is CC1(C(=O)O)CCN(CC(=O)N2CCCCC2)CC1. The quantitative estimate of drug-likeness (QED) is 0.835. The third-order valence-corrected chi connectivity index (χ3v) is 4.54. The summed E-state index contributed by atoms with van der Waals surface area (Å²) in [5.74, 6) is -0.506. The largest absolute Gasteiger partial charge is 0.481 e. The minimum absolute atomic E-state index is 0.207. The standard InChI is InChI=1S/C14H24N2O3/c1-14(13(18)19)5-9-15(10-6-14)11-12(17)16-7-3-2-4-8-16/h2-11H2,1H3,(H,18,19). The Morgan fingerprint density at radius 3 is 2.16 bits per heavy atom. The highest BCUT2D eigenvalue weighted by atomic mass is 16.4. The molecule has 1 amide bonds. The van der Waals surface area contributed by atoms with Crippen molar-refractivity contribution in [1.82, 2.24) is 9.80 Å². The van der Waals surface area contributed by atoms with Crippen LogP contribution < -0.4 is 0 Å². The number of carboxylic acids is 1. The van der Waals surface area contributed by atoms with E-state index in [0.717, 1.165) is 25.9 Å². The van der Waals surface area contributed by atoms with E-state index in [9.17, 15) is 14.7 Å². The summed E-state index contributed by atoms with van der Waals surface area (Å²) in [6, 6.07) is 0. The molecular weight excluding hydrogens is 244 g/mol. The van der Waals surface area contributed by atoms with E-state index in [1.54, 1.807) is 6.92 Å². The number of carbonyl (C=O) groups is 2. The van der Waals surface area contributed by atoms with Crippen LogP contribution in [-0.4, -0.2) is 59.5 Å². The first-order chi connectivity index (χ1) is 9.01. The molecule has 0 bridgehead atoms. The lowest BCUT2D eigenvalue weighted by atomic mass is 9.80. The Bertz CT molecular complexity index is 343. The Kier molecular flexibility index (Phi) is 4.45. The van der Waals surface area contributed by atoms with Crippen LogP contribution in [0, 0.1) is 5.41 Å². The van der Waals surface area contributed by atoms with Crippen molar-refractivity contribution in [3.63, 3.8) is 0 Å². The molecule has 5 heteroatoms. The van der Waals surface area contributed by atoms with Crippen LogP contribution in [-0.2, 0) is 9.59 Å². The number of hydrogen-bond donors (Lipinski definition) is 1. The maximum atomic E-state index is 12.1. The summed E-state index contributed by atoms with van der Waals surface area (Å²) in [4.78, 5) is 27.3. The molecule has 19 heavy (non-hydrogen) atoms. The zero-order chi connectivity index (χ0) is 13.9. The molecule has 2 aliphatic rings. The van der Waals surface area contributed by atoms with E-state index in [0.29, 0.717) is 32.5 Å². The minimum atomic E-state index is -0.713. The van der Waals surface area contributed by atoms with Crippen LogP contribution in [0.15, 0.2) is 0 Å². The zero-order valence-corrected chi connectivity index (χ0v) is 11.7. The fraction of sp³-hybridized carbons (Fsp3) is 0.857. The van der Waals surface area contributed by atoms with Gasteiger partial charge in [-0.2, -0.15) is 0 Å². The molecular formula is C14H24N2O3. The Balaban J connectivity index is 1.79. The number of rotatable bonds is 3. The van der Waals surface area contributed by atoms with E-state index in [-0.39, 0.29) is 5.91 Å². The topological polar surface area (TPSA) is 60.9 Å².